The predicted molar refractivity (Wildman–Crippen MR) is 100 cm³/mol. The van der Waals surface area contributed by atoms with Gasteiger partial charge in [-0.05, 0) is 24.8 Å². The Morgan fingerprint density at radius 1 is 1.04 bits per heavy atom. The van der Waals surface area contributed by atoms with Gasteiger partial charge < -0.3 is 24.0 Å². The minimum atomic E-state index is 0. The Balaban J connectivity index is 0.00000208. The maximum absolute atomic E-state index is 4.99. The minimum Gasteiger partial charge on any atom is -1.00 e. The number of benzene rings is 2. The molecule has 3 rings (SSSR count). The molecule has 0 bridgehead atoms. The Morgan fingerprint density at radius 2 is 1.67 bits per heavy atom. The number of nitrogens with one attached hydrogen (secondary N) is 1. The van der Waals surface area contributed by atoms with Crippen molar-refractivity contribution in [3.05, 3.63) is 60.7 Å². The molecule has 2 aromatic carbocycles. The molecule has 0 aliphatic carbocycles. The van der Waals surface area contributed by atoms with Gasteiger partial charge in [0, 0.05) is 24.2 Å². The van der Waals surface area contributed by atoms with E-state index in [-0.39, 0.29) is 24.0 Å². The second kappa shape index (κ2) is 9.44. The number of amidine groups is 1. The van der Waals surface area contributed by atoms with E-state index in [2.05, 4.69) is 78.7 Å². The first kappa shape index (κ1) is 19.3. The third-order valence-electron chi connectivity index (χ3n) is 4.17. The molecule has 1 aliphatic rings. The van der Waals surface area contributed by atoms with Crippen molar-refractivity contribution in [2.24, 2.45) is 5.10 Å². The monoisotopic (exact) mass is 453 g/mol. The molecule has 0 saturated carbocycles. The summed E-state index contributed by atoms with van der Waals surface area (Å²) in [6.07, 6.45) is 5.97. The average molecular weight is 453 g/mol. The molecule has 2 unspecified atom stereocenters. The summed E-state index contributed by atoms with van der Waals surface area (Å²) in [6, 6.07) is 21.2. The van der Waals surface area contributed by atoms with Crippen LogP contribution in [0.5, 0.6) is 0 Å². The van der Waals surface area contributed by atoms with E-state index in [1.165, 1.54) is 29.2 Å². The molecule has 1 N–H and O–H groups in total. The number of rotatable bonds is 5. The minimum absolute atomic E-state index is 0. The first-order chi connectivity index (χ1) is 11.3. The van der Waals surface area contributed by atoms with Gasteiger partial charge in [0.05, 0.1) is 0 Å². The number of quaternary nitrogens is 1. The zero-order valence-electron chi connectivity index (χ0n) is 14.2. The van der Waals surface area contributed by atoms with Gasteiger partial charge in [-0.15, -0.1) is 0 Å². The molecule has 1 heterocycles. The van der Waals surface area contributed by atoms with Gasteiger partial charge in [-0.2, -0.15) is 5.01 Å². The fourth-order valence-corrected chi connectivity index (χ4v) is 3.66. The normalized spacial score (nSPS) is 19.8. The van der Waals surface area contributed by atoms with Crippen LogP contribution in [0.2, 0.25) is 0 Å². The number of nitrogens with zero attached hydrogens (tertiary/aromatic N) is 2. The smallest absolute Gasteiger partial charge is 0.228 e. The Bertz CT molecular complexity index is 648. The molecule has 128 valence electrons. The van der Waals surface area contributed by atoms with Gasteiger partial charge in [0.2, 0.25) is 5.17 Å². The number of hydrogen-bond acceptors (Lipinski definition) is 3. The molecule has 2 atom stereocenters. The molecule has 0 saturated heterocycles. The average Bonchev–Trinajstić information content (AvgIpc) is 3.00. The Hall–Kier alpha value is -1.05. The lowest BCUT2D eigenvalue weighted by molar-refractivity contribution is -0.860. The maximum atomic E-state index is 4.99. The van der Waals surface area contributed by atoms with Crippen LogP contribution in [-0.2, 0) is 0 Å². The number of thioether (sulfide) groups is 1. The van der Waals surface area contributed by atoms with Gasteiger partial charge in [-0.1, -0.05) is 66.6 Å². The van der Waals surface area contributed by atoms with Crippen LogP contribution in [0.4, 0.5) is 11.4 Å². The van der Waals surface area contributed by atoms with Crippen LogP contribution in [0, 0.1) is 0 Å². The largest absolute Gasteiger partial charge is 1.00 e. The van der Waals surface area contributed by atoms with Crippen LogP contribution in [-0.4, -0.2) is 17.6 Å². The molecule has 5 heteroatoms. The van der Waals surface area contributed by atoms with Crippen LogP contribution in [0.3, 0.4) is 0 Å². The number of unbranched alkanes of at least 4 members (excludes halogenated alkanes) is 1. The lowest BCUT2D eigenvalue weighted by atomic mass is 10.1. The molecular weight excluding hydrogens is 429 g/mol. The Morgan fingerprint density at radius 3 is 2.25 bits per heavy atom. The summed E-state index contributed by atoms with van der Waals surface area (Å²) in [4.78, 5) is 2.41. The van der Waals surface area contributed by atoms with E-state index in [1.807, 2.05) is 0 Å². The van der Waals surface area contributed by atoms with Crippen molar-refractivity contribution in [3.8, 4) is 0 Å². The van der Waals surface area contributed by atoms with Crippen molar-refractivity contribution in [2.45, 2.75) is 32.4 Å². The third-order valence-corrected chi connectivity index (χ3v) is 4.82. The second-order valence-corrected chi connectivity index (χ2v) is 6.49. The first-order valence-corrected chi connectivity index (χ1v) is 9.47. The molecule has 3 nitrogen and oxygen atoms in total. The zero-order valence-corrected chi connectivity index (χ0v) is 17.1. The van der Waals surface area contributed by atoms with E-state index in [4.69, 9.17) is 5.10 Å². The molecule has 24 heavy (non-hydrogen) atoms. The highest BCUT2D eigenvalue weighted by Crippen LogP contribution is 2.25. The maximum Gasteiger partial charge on any atom is 0.228 e. The summed E-state index contributed by atoms with van der Waals surface area (Å²) in [5.74, 6) is 0. The molecule has 0 amide bonds. The van der Waals surface area contributed by atoms with Crippen molar-refractivity contribution >= 4 is 28.3 Å². The van der Waals surface area contributed by atoms with Crippen LogP contribution >= 0.6 is 11.8 Å². The Labute approximate surface area is 166 Å². The number of hydrogen-bond donors (Lipinski definition) is 1. The predicted octanol–water partition coefficient (Wildman–Crippen LogP) is 0.877. The van der Waals surface area contributed by atoms with Crippen molar-refractivity contribution in [2.75, 3.05) is 11.2 Å². The topological polar surface area (TPSA) is 20.0 Å². The quantitative estimate of drug-likeness (QED) is 0.679. The lowest BCUT2D eigenvalue weighted by Crippen LogP contribution is -3.06. The summed E-state index contributed by atoms with van der Waals surface area (Å²) in [5, 5.41) is 7.29. The van der Waals surface area contributed by atoms with E-state index >= 15 is 0 Å². The van der Waals surface area contributed by atoms with Gasteiger partial charge in [-0.25, -0.2) is 0 Å². The molecule has 0 spiro atoms. The van der Waals surface area contributed by atoms with Crippen LogP contribution in [0.1, 0.15) is 26.2 Å². The van der Waals surface area contributed by atoms with Crippen LogP contribution in [0.25, 0.3) is 0 Å². The highest BCUT2D eigenvalue weighted by Gasteiger charge is 2.40. The van der Waals surface area contributed by atoms with E-state index in [1.54, 1.807) is 11.8 Å². The first-order valence-electron chi connectivity index (χ1n) is 8.24. The van der Waals surface area contributed by atoms with E-state index in [0.29, 0.717) is 6.17 Å². The summed E-state index contributed by atoms with van der Waals surface area (Å²) >= 11 is 1.73. The highest BCUT2D eigenvalue weighted by molar-refractivity contribution is 8.13. The highest BCUT2D eigenvalue weighted by atomic mass is 127. The number of halogens is 1. The summed E-state index contributed by atoms with van der Waals surface area (Å²) in [7, 11) is 0. The Kier molecular flexibility index (Phi) is 7.58. The van der Waals surface area contributed by atoms with Crippen molar-refractivity contribution < 1.29 is 29.0 Å². The van der Waals surface area contributed by atoms with Gasteiger partial charge in [0.1, 0.15) is 0 Å². The van der Waals surface area contributed by atoms with Crippen molar-refractivity contribution in [1.82, 2.24) is 0 Å². The van der Waals surface area contributed by atoms with Crippen molar-refractivity contribution in [3.63, 3.8) is 0 Å². The summed E-state index contributed by atoms with van der Waals surface area (Å²) in [6.45, 7) is 2.25. The zero-order chi connectivity index (χ0) is 16.1. The molecular formula is C19H24IN3S. The number of para-hydroxylation sites is 2. The van der Waals surface area contributed by atoms with Crippen molar-refractivity contribution in [1.29, 1.82) is 0 Å². The number of anilines is 1. The van der Waals surface area contributed by atoms with E-state index in [0.717, 1.165) is 11.6 Å². The fraction of sp³-hybridized carbons (Fsp3) is 0.316. The van der Waals surface area contributed by atoms with Crippen LogP contribution < -0.4 is 33.9 Å². The molecule has 0 aromatic heterocycles. The summed E-state index contributed by atoms with van der Waals surface area (Å²) < 4.78 is 0. The summed E-state index contributed by atoms with van der Waals surface area (Å²) in [5.41, 5.74) is 2.46. The second-order valence-electron chi connectivity index (χ2n) is 5.71. The molecule has 2 aromatic rings. The third kappa shape index (κ3) is 4.13. The molecule has 1 aliphatic heterocycles. The van der Waals surface area contributed by atoms with Gasteiger partial charge in [0.25, 0.3) is 0 Å². The fourth-order valence-electron chi connectivity index (χ4n) is 3.04. The van der Waals surface area contributed by atoms with Gasteiger partial charge >= 0.3 is 0 Å². The van der Waals surface area contributed by atoms with E-state index < -0.39 is 0 Å². The lowest BCUT2D eigenvalue weighted by Gasteiger charge is -2.27. The molecule has 0 fully saturated rings. The van der Waals surface area contributed by atoms with E-state index in [9.17, 15) is 0 Å². The standard InChI is InChI=1S/C19H23N3S.HI/c1-3-4-15-18-21(16-11-7-5-8-12-16)19(23-2)20-22(18)17-13-9-6-10-14-17;/h5-14,18H,3-4,15H2,1-2H3;1H. The van der Waals surface area contributed by atoms with Gasteiger partial charge in [0.15, 0.2) is 11.9 Å². The SMILES string of the molecule is CCCCC1N(c2ccccc2)C(SC)=N[NH+]1c1ccccc1.[I-]. The molecule has 0 radical (unpaired) electrons. The van der Waals surface area contributed by atoms with Crippen LogP contribution in [0.15, 0.2) is 65.8 Å². The van der Waals surface area contributed by atoms with Gasteiger partial charge in [-0.3, -0.25) is 4.90 Å².